The summed E-state index contributed by atoms with van der Waals surface area (Å²) < 4.78 is 0. The van der Waals surface area contributed by atoms with Gasteiger partial charge in [-0.25, -0.2) is 4.98 Å². The highest BCUT2D eigenvalue weighted by Gasteiger charge is 2.01. The smallest absolute Gasteiger partial charge is 0.194 e. The van der Waals surface area contributed by atoms with Crippen molar-refractivity contribution >= 4 is 11.8 Å². The predicted molar refractivity (Wildman–Crippen MR) is 99.0 cm³/mol. The van der Waals surface area contributed by atoms with Crippen LogP contribution in [0.3, 0.4) is 0 Å². The molecule has 0 spiro atoms. The summed E-state index contributed by atoms with van der Waals surface area (Å²) in [5.74, 6) is 0.909. The molecule has 4 heteroatoms. The highest BCUT2D eigenvalue weighted by molar-refractivity contribution is 5.90. The molecule has 0 saturated carbocycles. The predicted octanol–water partition coefficient (Wildman–Crippen LogP) is 4.19. The Bertz CT molecular complexity index is 811. The largest absolute Gasteiger partial charge is 0.352 e. The van der Waals surface area contributed by atoms with E-state index in [4.69, 9.17) is 5.41 Å². The maximum Gasteiger partial charge on any atom is 0.194 e. The second-order valence-electron chi connectivity index (χ2n) is 5.58. The quantitative estimate of drug-likeness (QED) is 0.499. The molecule has 0 atom stereocenters. The van der Waals surface area contributed by atoms with E-state index < -0.39 is 0 Å². The third-order valence-electron chi connectivity index (χ3n) is 3.67. The van der Waals surface area contributed by atoms with Crippen LogP contribution < -0.4 is 10.6 Å². The van der Waals surface area contributed by atoms with Gasteiger partial charge in [0, 0.05) is 12.2 Å². The van der Waals surface area contributed by atoms with Crippen LogP contribution >= 0.6 is 0 Å². The van der Waals surface area contributed by atoms with Crippen LogP contribution in [0.15, 0.2) is 72.8 Å². The maximum atomic E-state index is 7.96. The molecule has 2 aromatic carbocycles. The van der Waals surface area contributed by atoms with Gasteiger partial charge in [0.2, 0.25) is 0 Å². The van der Waals surface area contributed by atoms with Gasteiger partial charge in [0.1, 0.15) is 5.82 Å². The standard InChI is InChI=1S/C20H20N4/c1-15-6-5-9-19(23-15)24-20(21)22-14-16-10-12-18(13-11-16)17-7-3-2-4-8-17/h2-13H,14H2,1H3,(H3,21,22,23,24). The number of nitrogens with one attached hydrogen (secondary N) is 3. The topological polar surface area (TPSA) is 60.8 Å². The van der Waals surface area contributed by atoms with Gasteiger partial charge in [0.05, 0.1) is 0 Å². The first-order valence-corrected chi connectivity index (χ1v) is 7.88. The summed E-state index contributed by atoms with van der Waals surface area (Å²) in [5, 5.41) is 14.0. The molecule has 0 saturated heterocycles. The van der Waals surface area contributed by atoms with E-state index >= 15 is 0 Å². The highest BCUT2D eigenvalue weighted by Crippen LogP contribution is 2.19. The molecular formula is C20H20N4. The first-order valence-electron chi connectivity index (χ1n) is 7.88. The van der Waals surface area contributed by atoms with Crippen LogP contribution in [0.25, 0.3) is 11.1 Å². The zero-order valence-electron chi connectivity index (χ0n) is 13.6. The van der Waals surface area contributed by atoms with Gasteiger partial charge in [-0.05, 0) is 35.7 Å². The lowest BCUT2D eigenvalue weighted by Crippen LogP contribution is -2.29. The molecule has 0 unspecified atom stereocenters. The Kier molecular flexibility index (Phi) is 4.87. The minimum atomic E-state index is 0.236. The number of rotatable bonds is 4. The number of nitrogens with zero attached hydrogens (tertiary/aromatic N) is 1. The van der Waals surface area contributed by atoms with E-state index in [2.05, 4.69) is 52.0 Å². The number of hydrogen-bond donors (Lipinski definition) is 3. The summed E-state index contributed by atoms with van der Waals surface area (Å²) in [6, 6.07) is 24.3. The van der Waals surface area contributed by atoms with Crippen molar-refractivity contribution in [1.82, 2.24) is 10.3 Å². The number of benzene rings is 2. The maximum absolute atomic E-state index is 7.96. The minimum absolute atomic E-state index is 0.236. The van der Waals surface area contributed by atoms with Crippen LogP contribution in [-0.4, -0.2) is 10.9 Å². The van der Waals surface area contributed by atoms with Crippen LogP contribution in [0.1, 0.15) is 11.3 Å². The Morgan fingerprint density at radius 2 is 1.58 bits per heavy atom. The summed E-state index contributed by atoms with van der Waals surface area (Å²) >= 11 is 0. The Morgan fingerprint density at radius 1 is 0.875 bits per heavy atom. The number of pyridine rings is 1. The van der Waals surface area contributed by atoms with Crippen LogP contribution in [0.2, 0.25) is 0 Å². The monoisotopic (exact) mass is 316 g/mol. The number of anilines is 1. The highest BCUT2D eigenvalue weighted by atomic mass is 15.2. The molecule has 0 radical (unpaired) electrons. The van der Waals surface area contributed by atoms with E-state index in [9.17, 15) is 0 Å². The van der Waals surface area contributed by atoms with Crippen LogP contribution in [0.5, 0.6) is 0 Å². The van der Waals surface area contributed by atoms with Gasteiger partial charge in [0.15, 0.2) is 5.96 Å². The van der Waals surface area contributed by atoms with E-state index in [1.165, 1.54) is 11.1 Å². The van der Waals surface area contributed by atoms with Crippen molar-refractivity contribution in [3.63, 3.8) is 0 Å². The molecule has 0 fully saturated rings. The van der Waals surface area contributed by atoms with E-state index in [1.54, 1.807) is 0 Å². The zero-order valence-corrected chi connectivity index (χ0v) is 13.6. The zero-order chi connectivity index (χ0) is 16.8. The number of hydrogen-bond acceptors (Lipinski definition) is 2. The van der Waals surface area contributed by atoms with Crippen molar-refractivity contribution in [2.24, 2.45) is 0 Å². The summed E-state index contributed by atoms with van der Waals surface area (Å²) in [7, 11) is 0. The first kappa shape index (κ1) is 15.7. The number of aromatic nitrogens is 1. The van der Waals surface area contributed by atoms with Gasteiger partial charge in [0.25, 0.3) is 0 Å². The Balaban J connectivity index is 1.56. The van der Waals surface area contributed by atoms with E-state index in [0.29, 0.717) is 12.4 Å². The van der Waals surface area contributed by atoms with Crippen molar-refractivity contribution in [3.8, 4) is 11.1 Å². The van der Waals surface area contributed by atoms with Crippen molar-refractivity contribution in [3.05, 3.63) is 84.1 Å². The summed E-state index contributed by atoms with van der Waals surface area (Å²) in [6.45, 7) is 2.52. The molecule has 4 nitrogen and oxygen atoms in total. The lowest BCUT2D eigenvalue weighted by atomic mass is 10.0. The molecule has 0 bridgehead atoms. The molecule has 1 heterocycles. The number of aryl methyl sites for hydroxylation is 1. The molecular weight excluding hydrogens is 296 g/mol. The fourth-order valence-electron chi connectivity index (χ4n) is 2.42. The lowest BCUT2D eigenvalue weighted by molar-refractivity contribution is 0.903. The minimum Gasteiger partial charge on any atom is -0.352 e. The van der Waals surface area contributed by atoms with E-state index in [1.807, 2.05) is 43.3 Å². The molecule has 24 heavy (non-hydrogen) atoms. The second-order valence-corrected chi connectivity index (χ2v) is 5.58. The second kappa shape index (κ2) is 7.42. The van der Waals surface area contributed by atoms with E-state index in [-0.39, 0.29) is 5.96 Å². The van der Waals surface area contributed by atoms with Crippen molar-refractivity contribution in [2.75, 3.05) is 5.32 Å². The third-order valence-corrected chi connectivity index (χ3v) is 3.67. The van der Waals surface area contributed by atoms with Gasteiger partial charge in [-0.2, -0.15) is 0 Å². The van der Waals surface area contributed by atoms with Crippen LogP contribution in [0.4, 0.5) is 5.82 Å². The van der Waals surface area contributed by atoms with Gasteiger partial charge < -0.3 is 10.6 Å². The molecule has 3 rings (SSSR count). The molecule has 0 amide bonds. The summed E-state index contributed by atoms with van der Waals surface area (Å²) in [4.78, 5) is 4.32. The molecule has 3 aromatic rings. The van der Waals surface area contributed by atoms with Gasteiger partial charge in [-0.3, -0.25) is 5.41 Å². The van der Waals surface area contributed by atoms with Gasteiger partial charge in [-0.15, -0.1) is 0 Å². The molecule has 0 aliphatic heterocycles. The summed E-state index contributed by atoms with van der Waals surface area (Å²) in [6.07, 6.45) is 0. The van der Waals surface area contributed by atoms with Crippen LogP contribution in [-0.2, 0) is 6.54 Å². The Morgan fingerprint density at radius 3 is 2.29 bits per heavy atom. The van der Waals surface area contributed by atoms with Crippen LogP contribution in [0, 0.1) is 12.3 Å². The molecule has 0 aliphatic carbocycles. The third kappa shape index (κ3) is 4.20. The summed E-state index contributed by atoms with van der Waals surface area (Å²) in [5.41, 5.74) is 4.44. The molecule has 120 valence electrons. The van der Waals surface area contributed by atoms with Crippen molar-refractivity contribution in [1.29, 1.82) is 5.41 Å². The molecule has 1 aromatic heterocycles. The molecule has 0 aliphatic rings. The van der Waals surface area contributed by atoms with Gasteiger partial charge >= 0.3 is 0 Å². The number of guanidine groups is 1. The lowest BCUT2D eigenvalue weighted by Gasteiger charge is -2.10. The average Bonchev–Trinajstić information content (AvgIpc) is 2.61. The van der Waals surface area contributed by atoms with Crippen molar-refractivity contribution in [2.45, 2.75) is 13.5 Å². The van der Waals surface area contributed by atoms with E-state index in [0.717, 1.165) is 11.3 Å². The SMILES string of the molecule is Cc1cccc(NC(=N)NCc2ccc(-c3ccccc3)cc2)n1. The normalized spacial score (nSPS) is 10.2. The average molecular weight is 316 g/mol. The Hall–Kier alpha value is -3.14. The van der Waals surface area contributed by atoms with Gasteiger partial charge in [-0.1, -0.05) is 60.7 Å². The van der Waals surface area contributed by atoms with Crippen molar-refractivity contribution < 1.29 is 0 Å². The fourth-order valence-corrected chi connectivity index (χ4v) is 2.42. The molecule has 3 N–H and O–H groups in total. The Labute approximate surface area is 142 Å². The first-order chi connectivity index (χ1) is 11.7. The fraction of sp³-hybridized carbons (Fsp3) is 0.100.